The molecule has 2 N–H and O–H groups in total. The van der Waals surface area contributed by atoms with E-state index in [-0.39, 0.29) is 17.9 Å². The van der Waals surface area contributed by atoms with Crippen LogP contribution in [0.25, 0.3) is 0 Å². The van der Waals surface area contributed by atoms with Crippen molar-refractivity contribution in [2.45, 2.75) is 33.7 Å². The summed E-state index contributed by atoms with van der Waals surface area (Å²) in [6.45, 7) is 8.06. The van der Waals surface area contributed by atoms with E-state index in [4.69, 9.17) is 0 Å². The molecule has 3 nitrogen and oxygen atoms in total. The molecular weight excluding hydrogens is 280 g/mol. The Morgan fingerprint density at radius 2 is 1.86 bits per heavy atom. The van der Waals surface area contributed by atoms with Gasteiger partial charge < -0.3 is 10.6 Å². The van der Waals surface area contributed by atoms with Crippen LogP contribution >= 0.6 is 11.3 Å². The second kappa shape index (κ2) is 6.76. The van der Waals surface area contributed by atoms with Gasteiger partial charge in [0.2, 0.25) is 5.91 Å². The van der Waals surface area contributed by atoms with Crippen LogP contribution in [0.1, 0.15) is 37.3 Å². The van der Waals surface area contributed by atoms with Crippen LogP contribution in [0.5, 0.6) is 0 Å². The van der Waals surface area contributed by atoms with E-state index in [0.717, 1.165) is 11.4 Å². The Balaban J connectivity index is 2.07. The largest absolute Gasteiger partial charge is 0.378 e. The van der Waals surface area contributed by atoms with E-state index in [0.29, 0.717) is 0 Å². The van der Waals surface area contributed by atoms with Gasteiger partial charge in [0, 0.05) is 22.2 Å². The fourth-order valence-electron chi connectivity index (χ4n) is 2.12. The number of rotatable bonds is 5. The average molecular weight is 302 g/mol. The molecule has 0 saturated heterocycles. The van der Waals surface area contributed by atoms with Crippen LogP contribution in [-0.2, 0) is 4.79 Å². The second-order valence-electron chi connectivity index (χ2n) is 5.56. The number of nitrogens with one attached hydrogen (secondary N) is 2. The third-order valence-corrected chi connectivity index (χ3v) is 4.53. The maximum absolute atomic E-state index is 11.7. The van der Waals surface area contributed by atoms with Crippen LogP contribution in [0, 0.1) is 12.8 Å². The van der Waals surface area contributed by atoms with E-state index in [1.54, 1.807) is 11.3 Å². The Bertz CT molecular complexity index is 619. The molecule has 112 valence electrons. The quantitative estimate of drug-likeness (QED) is 0.831. The molecule has 21 heavy (non-hydrogen) atoms. The summed E-state index contributed by atoms with van der Waals surface area (Å²) in [5.74, 6) is 0.0172. The number of benzene rings is 1. The molecule has 1 atom stereocenters. The number of hydrogen-bond donors (Lipinski definition) is 2. The molecule has 1 amide bonds. The van der Waals surface area contributed by atoms with Crippen molar-refractivity contribution in [2.24, 2.45) is 5.92 Å². The summed E-state index contributed by atoms with van der Waals surface area (Å²) in [4.78, 5) is 13.1. The number of carbonyl (C=O) groups is 1. The zero-order chi connectivity index (χ0) is 15.4. The molecule has 1 aromatic carbocycles. The molecule has 0 aliphatic heterocycles. The van der Waals surface area contributed by atoms with Crippen LogP contribution in [0.2, 0.25) is 0 Å². The van der Waals surface area contributed by atoms with Gasteiger partial charge in [0.1, 0.15) is 0 Å². The van der Waals surface area contributed by atoms with Crippen molar-refractivity contribution in [1.29, 1.82) is 0 Å². The van der Waals surface area contributed by atoms with Crippen molar-refractivity contribution in [3.63, 3.8) is 0 Å². The first kappa shape index (κ1) is 15.6. The molecule has 0 fully saturated rings. The van der Waals surface area contributed by atoms with Gasteiger partial charge in [-0.25, -0.2) is 0 Å². The fourth-order valence-corrected chi connectivity index (χ4v) is 3.05. The maximum atomic E-state index is 11.7. The molecular formula is C17H22N2OS. The summed E-state index contributed by atoms with van der Waals surface area (Å²) in [5, 5.41) is 8.53. The van der Waals surface area contributed by atoms with Crippen LogP contribution in [0.3, 0.4) is 0 Å². The first-order valence-corrected chi connectivity index (χ1v) is 8.07. The third-order valence-electron chi connectivity index (χ3n) is 3.33. The molecule has 1 heterocycles. The van der Waals surface area contributed by atoms with E-state index in [2.05, 4.69) is 35.9 Å². The predicted octanol–water partition coefficient (Wildman–Crippen LogP) is 4.82. The normalized spacial score (nSPS) is 12.2. The number of hydrogen-bond acceptors (Lipinski definition) is 3. The lowest BCUT2D eigenvalue weighted by Crippen LogP contribution is -2.17. The lowest BCUT2D eigenvalue weighted by molar-refractivity contribution is -0.118. The Morgan fingerprint density at radius 1 is 1.14 bits per heavy atom. The van der Waals surface area contributed by atoms with E-state index >= 15 is 0 Å². The van der Waals surface area contributed by atoms with E-state index in [1.165, 1.54) is 10.4 Å². The van der Waals surface area contributed by atoms with Crippen molar-refractivity contribution in [3.05, 3.63) is 46.2 Å². The smallest absolute Gasteiger partial charge is 0.226 e. The number of thiophene rings is 1. The monoisotopic (exact) mass is 302 g/mol. The van der Waals surface area contributed by atoms with E-state index in [1.807, 2.05) is 38.1 Å². The lowest BCUT2D eigenvalue weighted by atomic mass is 10.1. The van der Waals surface area contributed by atoms with Gasteiger partial charge in [0.05, 0.1) is 6.04 Å². The zero-order valence-corrected chi connectivity index (χ0v) is 13.8. The molecule has 1 unspecified atom stereocenters. The SMILES string of the molecule is Cc1ccsc1C(C)Nc1cccc(NC(=O)C(C)C)c1. The molecule has 0 bridgehead atoms. The highest BCUT2D eigenvalue weighted by atomic mass is 32.1. The third kappa shape index (κ3) is 4.08. The molecule has 4 heteroatoms. The number of aryl methyl sites for hydroxylation is 1. The maximum Gasteiger partial charge on any atom is 0.226 e. The summed E-state index contributed by atoms with van der Waals surface area (Å²) in [5.41, 5.74) is 3.15. The Kier molecular flexibility index (Phi) is 5.02. The highest BCUT2D eigenvalue weighted by Crippen LogP contribution is 2.27. The Labute approximate surface area is 130 Å². The van der Waals surface area contributed by atoms with Crippen LogP contribution < -0.4 is 10.6 Å². The van der Waals surface area contributed by atoms with Crippen LogP contribution in [-0.4, -0.2) is 5.91 Å². The van der Waals surface area contributed by atoms with E-state index in [9.17, 15) is 4.79 Å². The van der Waals surface area contributed by atoms with Gasteiger partial charge in [-0.05, 0) is 49.1 Å². The minimum atomic E-state index is -0.0192. The minimum Gasteiger partial charge on any atom is -0.378 e. The van der Waals surface area contributed by atoms with Crippen LogP contribution in [0.4, 0.5) is 11.4 Å². The molecule has 2 rings (SSSR count). The summed E-state index contributed by atoms with van der Waals surface area (Å²) in [6.07, 6.45) is 0. The first-order chi connectivity index (χ1) is 9.97. The van der Waals surface area contributed by atoms with Gasteiger partial charge >= 0.3 is 0 Å². The van der Waals surface area contributed by atoms with Gasteiger partial charge in [-0.2, -0.15) is 0 Å². The molecule has 0 aliphatic rings. The topological polar surface area (TPSA) is 41.1 Å². The molecule has 0 saturated carbocycles. The average Bonchev–Trinajstić information content (AvgIpc) is 2.85. The number of carbonyl (C=O) groups excluding carboxylic acids is 1. The minimum absolute atomic E-state index is 0.0192. The first-order valence-electron chi connectivity index (χ1n) is 7.19. The molecule has 0 aliphatic carbocycles. The molecule has 0 radical (unpaired) electrons. The standard InChI is InChI=1S/C17H22N2OS/c1-11(2)17(20)19-15-7-5-6-14(10-15)18-13(4)16-12(3)8-9-21-16/h5-11,13,18H,1-4H3,(H,19,20). The number of anilines is 2. The predicted molar refractivity (Wildman–Crippen MR) is 91.0 cm³/mol. The Hall–Kier alpha value is -1.81. The zero-order valence-electron chi connectivity index (χ0n) is 12.9. The van der Waals surface area contributed by atoms with Crippen molar-refractivity contribution >= 4 is 28.6 Å². The highest BCUT2D eigenvalue weighted by molar-refractivity contribution is 7.10. The van der Waals surface area contributed by atoms with Crippen molar-refractivity contribution < 1.29 is 4.79 Å². The Morgan fingerprint density at radius 3 is 2.48 bits per heavy atom. The highest BCUT2D eigenvalue weighted by Gasteiger charge is 2.11. The second-order valence-corrected chi connectivity index (χ2v) is 6.51. The lowest BCUT2D eigenvalue weighted by Gasteiger charge is -2.16. The molecule has 1 aromatic heterocycles. The van der Waals surface area contributed by atoms with E-state index < -0.39 is 0 Å². The summed E-state index contributed by atoms with van der Waals surface area (Å²) in [6, 6.07) is 10.2. The van der Waals surface area contributed by atoms with Gasteiger partial charge in [0.15, 0.2) is 0 Å². The number of amides is 1. The van der Waals surface area contributed by atoms with Gasteiger partial charge in [-0.15, -0.1) is 11.3 Å². The summed E-state index contributed by atoms with van der Waals surface area (Å²) in [7, 11) is 0. The van der Waals surface area contributed by atoms with Crippen molar-refractivity contribution in [2.75, 3.05) is 10.6 Å². The van der Waals surface area contributed by atoms with Gasteiger partial charge in [-0.1, -0.05) is 19.9 Å². The van der Waals surface area contributed by atoms with Gasteiger partial charge in [-0.3, -0.25) is 4.79 Å². The molecule has 0 spiro atoms. The fraction of sp³-hybridized carbons (Fsp3) is 0.353. The molecule has 2 aromatic rings. The summed E-state index contributed by atoms with van der Waals surface area (Å²) < 4.78 is 0. The van der Waals surface area contributed by atoms with Crippen LogP contribution in [0.15, 0.2) is 35.7 Å². The van der Waals surface area contributed by atoms with Crippen molar-refractivity contribution in [3.8, 4) is 0 Å². The van der Waals surface area contributed by atoms with Gasteiger partial charge in [0.25, 0.3) is 0 Å². The van der Waals surface area contributed by atoms with Crippen molar-refractivity contribution in [1.82, 2.24) is 0 Å². The summed E-state index contributed by atoms with van der Waals surface area (Å²) >= 11 is 1.76.